The summed E-state index contributed by atoms with van der Waals surface area (Å²) in [4.78, 5) is -2.26. The van der Waals surface area contributed by atoms with Crippen LogP contribution in [-0.4, -0.2) is 13.0 Å². The van der Waals surface area contributed by atoms with Crippen LogP contribution in [0.1, 0.15) is 0 Å². The Labute approximate surface area is 102 Å². The van der Waals surface area contributed by atoms with E-state index in [4.69, 9.17) is 4.55 Å². The van der Waals surface area contributed by atoms with Crippen LogP contribution in [0.4, 0.5) is 22.0 Å². The molecule has 10 heteroatoms. The van der Waals surface area contributed by atoms with E-state index in [1.807, 2.05) is 0 Å². The summed E-state index contributed by atoms with van der Waals surface area (Å²) >= 11 is 0. The van der Waals surface area contributed by atoms with Gasteiger partial charge in [-0.05, 0) is 0 Å². The molecule has 16 heavy (non-hydrogen) atoms. The summed E-state index contributed by atoms with van der Waals surface area (Å²) in [5, 5.41) is 0. The van der Waals surface area contributed by atoms with Crippen molar-refractivity contribution < 1.29 is 57.3 Å². The third kappa shape index (κ3) is 2.43. The molecule has 1 aromatic carbocycles. The summed E-state index contributed by atoms with van der Waals surface area (Å²) in [7, 11) is -5.52. The fourth-order valence-electron chi connectivity index (χ4n) is 0.811. The van der Waals surface area contributed by atoms with Gasteiger partial charge in [-0.2, -0.15) is 8.42 Å². The third-order valence-corrected chi connectivity index (χ3v) is 2.30. The van der Waals surface area contributed by atoms with Gasteiger partial charge in [0.1, 0.15) is 0 Å². The molecule has 1 N–H and O–H groups in total. The van der Waals surface area contributed by atoms with Gasteiger partial charge in [0.25, 0.3) is 0 Å². The maximum atomic E-state index is 12.6. The standard InChI is InChI=1S/C6HF5O3S.Nb/c7-1-2(8)4(10)6(15(12,13)14)5(11)3(1)9;/h(H,12,13,14);. The van der Waals surface area contributed by atoms with Crippen LogP contribution in [0.25, 0.3) is 0 Å². The van der Waals surface area contributed by atoms with Crippen LogP contribution in [0.15, 0.2) is 4.90 Å². The molecule has 0 amide bonds. The van der Waals surface area contributed by atoms with Crippen molar-refractivity contribution in [2.24, 2.45) is 0 Å². The van der Waals surface area contributed by atoms with E-state index < -0.39 is 44.1 Å². The zero-order chi connectivity index (χ0) is 12.0. The first-order valence-electron chi connectivity index (χ1n) is 3.16. The van der Waals surface area contributed by atoms with E-state index in [0.29, 0.717) is 0 Å². The van der Waals surface area contributed by atoms with Gasteiger partial charge in [0.15, 0.2) is 28.2 Å². The van der Waals surface area contributed by atoms with Crippen LogP contribution in [0, 0.1) is 29.1 Å². The molecule has 0 fully saturated rings. The second-order valence-corrected chi connectivity index (χ2v) is 3.73. The van der Waals surface area contributed by atoms with Crippen LogP contribution < -0.4 is 0 Å². The van der Waals surface area contributed by atoms with Gasteiger partial charge in [0.2, 0.25) is 5.82 Å². The minimum atomic E-state index is -5.52. The molecule has 0 aromatic heterocycles. The van der Waals surface area contributed by atoms with Crippen molar-refractivity contribution in [1.29, 1.82) is 0 Å². The molecule has 0 saturated heterocycles. The van der Waals surface area contributed by atoms with E-state index >= 15 is 0 Å². The molecular weight excluding hydrogens is 340 g/mol. The maximum absolute atomic E-state index is 12.6. The molecule has 0 heterocycles. The van der Waals surface area contributed by atoms with E-state index in [2.05, 4.69) is 0 Å². The molecule has 0 bridgehead atoms. The van der Waals surface area contributed by atoms with E-state index in [1.165, 1.54) is 0 Å². The summed E-state index contributed by atoms with van der Waals surface area (Å²) in [5.41, 5.74) is 0. The van der Waals surface area contributed by atoms with Crippen molar-refractivity contribution in [1.82, 2.24) is 0 Å². The van der Waals surface area contributed by atoms with Gasteiger partial charge in [0.05, 0.1) is 0 Å². The second-order valence-electron chi connectivity index (χ2n) is 2.37. The molecule has 0 aliphatic carbocycles. The normalized spacial score (nSPS) is 11.1. The van der Waals surface area contributed by atoms with Gasteiger partial charge in [-0.25, -0.2) is 22.0 Å². The molecule has 89 valence electrons. The Hall–Kier alpha value is -0.480. The van der Waals surface area contributed by atoms with Crippen molar-refractivity contribution in [3.63, 3.8) is 0 Å². The predicted octanol–water partition coefficient (Wildman–Crippen LogP) is 1.63. The summed E-state index contributed by atoms with van der Waals surface area (Å²) in [6.07, 6.45) is 0. The smallest absolute Gasteiger partial charge is 0.282 e. The van der Waals surface area contributed by atoms with E-state index in [-0.39, 0.29) is 22.4 Å². The number of benzene rings is 1. The molecule has 0 spiro atoms. The predicted molar refractivity (Wildman–Crippen MR) is 36.0 cm³/mol. The average molecular weight is 341 g/mol. The average Bonchev–Trinajstić information content (AvgIpc) is 2.09. The number of rotatable bonds is 1. The van der Waals surface area contributed by atoms with E-state index in [1.54, 1.807) is 0 Å². The first-order chi connectivity index (χ1) is 6.68. The third-order valence-electron chi connectivity index (χ3n) is 1.43. The zero-order valence-corrected chi connectivity index (χ0v) is 10.0. The molecular formula is C6HF5NbO3S. The van der Waals surface area contributed by atoms with Crippen LogP contribution >= 0.6 is 0 Å². The summed E-state index contributed by atoms with van der Waals surface area (Å²) in [5.74, 6) is -12.6. The van der Waals surface area contributed by atoms with Gasteiger partial charge >= 0.3 is 10.1 Å². The molecule has 0 aliphatic rings. The zero-order valence-electron chi connectivity index (χ0n) is 7.01. The van der Waals surface area contributed by atoms with Crippen LogP contribution in [0.5, 0.6) is 0 Å². The monoisotopic (exact) mass is 341 g/mol. The van der Waals surface area contributed by atoms with Crippen molar-refractivity contribution in [3.8, 4) is 0 Å². The Morgan fingerprint density at radius 3 is 1.25 bits per heavy atom. The van der Waals surface area contributed by atoms with Crippen LogP contribution in [-0.2, 0) is 32.5 Å². The minimum absolute atomic E-state index is 0. The first kappa shape index (κ1) is 15.5. The molecule has 1 rings (SSSR count). The van der Waals surface area contributed by atoms with Crippen molar-refractivity contribution in [2.45, 2.75) is 4.90 Å². The summed E-state index contributed by atoms with van der Waals surface area (Å²) in [6.45, 7) is 0. The molecule has 0 atom stereocenters. The maximum Gasteiger partial charge on any atom is 0.300 e. The Bertz CT molecular complexity index is 500. The Morgan fingerprint density at radius 2 is 1.00 bits per heavy atom. The SMILES string of the molecule is O=S(=O)(O)c1c(F)c(F)c(F)c(F)c1F.[Nb]. The Kier molecular flexibility index (Phi) is 4.65. The van der Waals surface area contributed by atoms with E-state index in [0.717, 1.165) is 0 Å². The quantitative estimate of drug-likeness (QED) is 0.278. The van der Waals surface area contributed by atoms with Gasteiger partial charge in [0, 0.05) is 22.4 Å². The molecule has 0 aliphatic heterocycles. The Morgan fingerprint density at radius 1 is 0.750 bits per heavy atom. The van der Waals surface area contributed by atoms with Crippen LogP contribution in [0.2, 0.25) is 0 Å². The number of hydrogen-bond acceptors (Lipinski definition) is 2. The molecule has 3 nitrogen and oxygen atoms in total. The minimum Gasteiger partial charge on any atom is -0.282 e. The van der Waals surface area contributed by atoms with Gasteiger partial charge in [-0.1, -0.05) is 0 Å². The number of hydrogen-bond donors (Lipinski definition) is 1. The Balaban J connectivity index is 0.00000225. The largest absolute Gasteiger partial charge is 0.300 e. The van der Waals surface area contributed by atoms with Crippen LogP contribution in [0.3, 0.4) is 0 Å². The number of halogens is 5. The van der Waals surface area contributed by atoms with Crippen molar-refractivity contribution in [3.05, 3.63) is 29.1 Å². The van der Waals surface area contributed by atoms with Gasteiger partial charge < -0.3 is 0 Å². The molecule has 1 aromatic rings. The van der Waals surface area contributed by atoms with Gasteiger partial charge in [-0.15, -0.1) is 0 Å². The summed E-state index contributed by atoms with van der Waals surface area (Å²) in [6, 6.07) is 0. The molecule has 0 unspecified atom stereocenters. The molecule has 0 saturated carbocycles. The topological polar surface area (TPSA) is 54.4 Å². The van der Waals surface area contributed by atoms with Gasteiger partial charge in [-0.3, -0.25) is 4.55 Å². The van der Waals surface area contributed by atoms with Crippen molar-refractivity contribution >= 4 is 10.1 Å². The fraction of sp³-hybridized carbons (Fsp3) is 0. The second kappa shape index (κ2) is 4.80. The summed E-state index contributed by atoms with van der Waals surface area (Å²) < 4.78 is 91.3. The molecule has 1 radical (unpaired) electrons. The fourth-order valence-corrected chi connectivity index (χ4v) is 1.44. The van der Waals surface area contributed by atoms with Crippen molar-refractivity contribution in [2.75, 3.05) is 0 Å². The van der Waals surface area contributed by atoms with E-state index in [9.17, 15) is 30.4 Å². The first-order valence-corrected chi connectivity index (χ1v) is 4.61.